The molecule has 0 aliphatic rings. The largest absolute Gasteiger partial charge is 0.478 e. The minimum Gasteiger partial charge on any atom is -0.478 e. The van der Waals surface area contributed by atoms with Gasteiger partial charge in [-0.3, -0.25) is 0 Å². The van der Waals surface area contributed by atoms with Crippen LogP contribution in [0.5, 0.6) is 0 Å². The molecular formula is C15H13ClO2. The highest BCUT2D eigenvalue weighted by atomic mass is 35.5. The lowest BCUT2D eigenvalue weighted by Gasteiger charge is -2.01. The van der Waals surface area contributed by atoms with Crippen molar-refractivity contribution in [2.75, 3.05) is 0 Å². The Kier molecular flexibility index (Phi) is 5.15. The molecule has 2 aromatic carbocycles. The maximum Gasteiger partial charge on any atom is 0.328 e. The van der Waals surface area contributed by atoms with E-state index in [1.807, 2.05) is 54.6 Å². The topological polar surface area (TPSA) is 37.3 Å². The normalized spacial score (nSPS) is 10.0. The Bertz CT molecular complexity index is 530. The van der Waals surface area contributed by atoms with Crippen LogP contribution in [0.1, 0.15) is 5.56 Å². The molecule has 0 radical (unpaired) electrons. The first-order valence-corrected chi connectivity index (χ1v) is 5.32. The first-order chi connectivity index (χ1) is 8.25. The van der Waals surface area contributed by atoms with Crippen molar-refractivity contribution in [3.8, 4) is 11.1 Å². The smallest absolute Gasteiger partial charge is 0.328 e. The van der Waals surface area contributed by atoms with Crippen LogP contribution in [0.15, 0.2) is 60.7 Å². The predicted octanol–water partition coefficient (Wildman–Crippen LogP) is 3.87. The van der Waals surface area contributed by atoms with Gasteiger partial charge in [0.05, 0.1) is 0 Å². The third-order valence-electron chi connectivity index (χ3n) is 2.44. The molecule has 0 bridgehead atoms. The van der Waals surface area contributed by atoms with Crippen LogP contribution >= 0.6 is 12.4 Å². The van der Waals surface area contributed by atoms with Crippen LogP contribution in [0.2, 0.25) is 0 Å². The summed E-state index contributed by atoms with van der Waals surface area (Å²) in [7, 11) is 0. The van der Waals surface area contributed by atoms with E-state index in [2.05, 4.69) is 0 Å². The fourth-order valence-corrected chi connectivity index (χ4v) is 1.58. The molecule has 0 heterocycles. The van der Waals surface area contributed by atoms with Gasteiger partial charge in [-0.1, -0.05) is 54.6 Å². The van der Waals surface area contributed by atoms with Crippen molar-refractivity contribution < 1.29 is 9.90 Å². The summed E-state index contributed by atoms with van der Waals surface area (Å²) in [6.45, 7) is 0. The molecule has 0 aromatic heterocycles. The second-order valence-electron chi connectivity index (χ2n) is 3.66. The third-order valence-corrected chi connectivity index (χ3v) is 2.44. The quantitative estimate of drug-likeness (QED) is 0.851. The number of benzene rings is 2. The number of rotatable bonds is 3. The van der Waals surface area contributed by atoms with Crippen molar-refractivity contribution in [1.29, 1.82) is 0 Å². The lowest BCUT2D eigenvalue weighted by Crippen LogP contribution is -1.85. The standard InChI is InChI=1S/C15H12O2.ClH/c16-15(17)11-8-12-6-9-14(10-7-12)13-4-2-1-3-5-13;/h1-11H,(H,16,17);1H. The van der Waals surface area contributed by atoms with Crippen molar-refractivity contribution in [3.63, 3.8) is 0 Å². The van der Waals surface area contributed by atoms with Gasteiger partial charge in [0.15, 0.2) is 0 Å². The molecule has 1 N–H and O–H groups in total. The molecule has 0 saturated heterocycles. The lowest BCUT2D eigenvalue weighted by molar-refractivity contribution is -0.131. The van der Waals surface area contributed by atoms with Crippen LogP contribution in [-0.4, -0.2) is 11.1 Å². The van der Waals surface area contributed by atoms with Gasteiger partial charge in [0.25, 0.3) is 0 Å². The maximum atomic E-state index is 10.4. The zero-order chi connectivity index (χ0) is 12.1. The van der Waals surface area contributed by atoms with Gasteiger partial charge in [0.1, 0.15) is 0 Å². The molecule has 0 saturated carbocycles. The summed E-state index contributed by atoms with van der Waals surface area (Å²) in [6.07, 6.45) is 2.72. The zero-order valence-corrected chi connectivity index (χ0v) is 10.4. The summed E-state index contributed by atoms with van der Waals surface area (Å²) in [5.74, 6) is -0.933. The highest BCUT2D eigenvalue weighted by Crippen LogP contribution is 2.19. The third kappa shape index (κ3) is 3.75. The minimum atomic E-state index is -0.933. The van der Waals surface area contributed by atoms with Gasteiger partial charge in [0, 0.05) is 6.08 Å². The number of halogens is 1. The summed E-state index contributed by atoms with van der Waals surface area (Å²) in [5.41, 5.74) is 3.16. The number of hydrogen-bond acceptors (Lipinski definition) is 1. The van der Waals surface area contributed by atoms with Gasteiger partial charge in [-0.25, -0.2) is 4.79 Å². The summed E-state index contributed by atoms with van der Waals surface area (Å²) in [5, 5.41) is 8.52. The van der Waals surface area contributed by atoms with Crippen LogP contribution < -0.4 is 0 Å². The van der Waals surface area contributed by atoms with Crippen molar-refractivity contribution in [1.82, 2.24) is 0 Å². The van der Waals surface area contributed by atoms with Crippen molar-refractivity contribution in [2.24, 2.45) is 0 Å². The van der Waals surface area contributed by atoms with E-state index < -0.39 is 5.97 Å². The van der Waals surface area contributed by atoms with Gasteiger partial charge in [-0.05, 0) is 22.8 Å². The molecular weight excluding hydrogens is 248 g/mol. The van der Waals surface area contributed by atoms with Crippen molar-refractivity contribution >= 4 is 24.5 Å². The molecule has 0 aliphatic heterocycles. The number of carbonyl (C=O) groups is 1. The molecule has 2 aromatic rings. The lowest BCUT2D eigenvalue weighted by atomic mass is 10.0. The summed E-state index contributed by atoms with van der Waals surface area (Å²) in [4.78, 5) is 10.4. The summed E-state index contributed by atoms with van der Waals surface area (Å²) >= 11 is 0. The van der Waals surface area contributed by atoms with Crippen LogP contribution in [0.4, 0.5) is 0 Å². The number of hydrogen-bond donors (Lipinski definition) is 1. The second-order valence-corrected chi connectivity index (χ2v) is 3.66. The van der Waals surface area contributed by atoms with Crippen molar-refractivity contribution in [3.05, 3.63) is 66.2 Å². The first-order valence-electron chi connectivity index (χ1n) is 5.32. The average Bonchev–Trinajstić information content (AvgIpc) is 2.38. The van der Waals surface area contributed by atoms with Gasteiger partial charge in [-0.2, -0.15) is 0 Å². The summed E-state index contributed by atoms with van der Waals surface area (Å²) < 4.78 is 0. The first kappa shape index (κ1) is 14.0. The van der Waals surface area contributed by atoms with Crippen molar-refractivity contribution in [2.45, 2.75) is 0 Å². The molecule has 3 heteroatoms. The fourth-order valence-electron chi connectivity index (χ4n) is 1.58. The van der Waals surface area contributed by atoms with E-state index in [0.717, 1.165) is 22.8 Å². The van der Waals surface area contributed by atoms with Crippen LogP contribution in [0.3, 0.4) is 0 Å². The van der Waals surface area contributed by atoms with E-state index in [4.69, 9.17) is 5.11 Å². The van der Waals surface area contributed by atoms with Gasteiger partial charge < -0.3 is 5.11 Å². The number of carboxylic acids is 1. The Hall–Kier alpha value is -2.06. The fraction of sp³-hybridized carbons (Fsp3) is 0. The van der Waals surface area contributed by atoms with E-state index >= 15 is 0 Å². The van der Waals surface area contributed by atoms with E-state index in [0.29, 0.717) is 0 Å². The van der Waals surface area contributed by atoms with Gasteiger partial charge in [-0.15, -0.1) is 12.4 Å². The maximum absolute atomic E-state index is 10.4. The Labute approximate surface area is 112 Å². The highest BCUT2D eigenvalue weighted by Gasteiger charge is 1.95. The van der Waals surface area contributed by atoms with E-state index in [1.54, 1.807) is 6.08 Å². The molecule has 0 amide bonds. The Morgan fingerprint density at radius 2 is 1.44 bits per heavy atom. The van der Waals surface area contributed by atoms with Crippen LogP contribution in [0.25, 0.3) is 17.2 Å². The number of carboxylic acid groups (broad SMARTS) is 1. The molecule has 0 spiro atoms. The Morgan fingerprint density at radius 3 is 2.00 bits per heavy atom. The zero-order valence-electron chi connectivity index (χ0n) is 9.61. The van der Waals surface area contributed by atoms with E-state index in [9.17, 15) is 4.79 Å². The highest BCUT2D eigenvalue weighted by molar-refractivity contribution is 5.85. The second kappa shape index (κ2) is 6.62. The monoisotopic (exact) mass is 260 g/mol. The number of aliphatic carboxylic acids is 1. The molecule has 92 valence electrons. The molecule has 2 nitrogen and oxygen atoms in total. The Morgan fingerprint density at radius 1 is 0.889 bits per heavy atom. The minimum absolute atomic E-state index is 0. The molecule has 0 fully saturated rings. The van der Waals surface area contributed by atoms with Gasteiger partial charge in [0.2, 0.25) is 0 Å². The average molecular weight is 261 g/mol. The Balaban J connectivity index is 0.00000162. The van der Waals surface area contributed by atoms with Gasteiger partial charge >= 0.3 is 5.97 Å². The summed E-state index contributed by atoms with van der Waals surface area (Å²) in [6, 6.07) is 17.8. The molecule has 18 heavy (non-hydrogen) atoms. The SMILES string of the molecule is Cl.O=C(O)C=Cc1ccc(-c2ccccc2)cc1. The molecule has 0 unspecified atom stereocenters. The molecule has 0 atom stereocenters. The molecule has 0 aliphatic carbocycles. The van der Waals surface area contributed by atoms with Crippen LogP contribution in [-0.2, 0) is 4.79 Å². The van der Waals surface area contributed by atoms with E-state index in [1.165, 1.54) is 0 Å². The predicted molar refractivity (Wildman–Crippen MR) is 75.8 cm³/mol. The molecule has 2 rings (SSSR count). The van der Waals surface area contributed by atoms with Crippen LogP contribution in [0, 0.1) is 0 Å². The van der Waals surface area contributed by atoms with E-state index in [-0.39, 0.29) is 12.4 Å².